The predicted octanol–water partition coefficient (Wildman–Crippen LogP) is 5.22. The highest BCUT2D eigenvalue weighted by atomic mass is 16.5. The van der Waals surface area contributed by atoms with E-state index in [2.05, 4.69) is 40.8 Å². The molecule has 1 aliphatic rings. The maximum atomic E-state index is 13.0. The molecule has 11 heteroatoms. The summed E-state index contributed by atoms with van der Waals surface area (Å²) in [4.78, 5) is 27.4. The van der Waals surface area contributed by atoms with Crippen molar-refractivity contribution in [2.24, 2.45) is 12.8 Å². The second-order valence-electron chi connectivity index (χ2n) is 11.1. The summed E-state index contributed by atoms with van der Waals surface area (Å²) in [6.07, 6.45) is 16.6. The summed E-state index contributed by atoms with van der Waals surface area (Å²) in [5.41, 5.74) is 10.9. The normalized spacial score (nSPS) is 15.0. The van der Waals surface area contributed by atoms with E-state index in [0.717, 1.165) is 27.7 Å². The number of anilines is 1. The van der Waals surface area contributed by atoms with Crippen LogP contribution in [0.4, 0.5) is 10.5 Å². The minimum atomic E-state index is -0.612. The first kappa shape index (κ1) is 26.9. The van der Waals surface area contributed by atoms with Gasteiger partial charge in [0.15, 0.2) is 0 Å². The van der Waals surface area contributed by atoms with Crippen LogP contribution < -0.4 is 15.4 Å². The Morgan fingerprint density at radius 1 is 1.10 bits per heavy atom. The van der Waals surface area contributed by atoms with Crippen molar-refractivity contribution in [3.8, 4) is 28.3 Å². The minimum Gasteiger partial charge on any atom is -0.486 e. The number of aromatic nitrogens is 7. The average Bonchev–Trinajstić information content (AvgIpc) is 3.61. The largest absolute Gasteiger partial charge is 0.486 e. The number of urea groups is 1. The van der Waals surface area contributed by atoms with Crippen molar-refractivity contribution in [1.82, 2.24) is 34.5 Å². The van der Waals surface area contributed by atoms with Gasteiger partial charge in [-0.05, 0) is 51.1 Å². The lowest BCUT2D eigenvalue weighted by Crippen LogP contribution is -2.35. The smallest absolute Gasteiger partial charge is 0.323 e. The third-order valence-electron chi connectivity index (χ3n) is 6.94. The lowest BCUT2D eigenvalue weighted by atomic mass is 10.1. The number of hydrogen-bond donors (Lipinski definition) is 1. The third kappa shape index (κ3) is 5.36. The lowest BCUT2D eigenvalue weighted by Gasteiger charge is -2.25. The Bertz CT molecular complexity index is 1840. The number of carbonyl (C=O) groups excluding carboxylic acids is 1. The Kier molecular flexibility index (Phi) is 6.77. The molecule has 6 rings (SSSR count). The predicted molar refractivity (Wildman–Crippen MR) is 161 cm³/mol. The Morgan fingerprint density at radius 2 is 1.95 bits per heavy atom. The number of benzene rings is 1. The fourth-order valence-corrected chi connectivity index (χ4v) is 4.81. The Balaban J connectivity index is 1.29. The molecule has 2 amide bonds. The van der Waals surface area contributed by atoms with Crippen LogP contribution in [0.1, 0.15) is 27.2 Å². The second kappa shape index (κ2) is 10.6. The van der Waals surface area contributed by atoms with Gasteiger partial charge in [-0.3, -0.25) is 19.2 Å². The van der Waals surface area contributed by atoms with Crippen molar-refractivity contribution in [1.29, 1.82) is 0 Å². The van der Waals surface area contributed by atoms with Crippen molar-refractivity contribution in [2.45, 2.75) is 38.8 Å². The van der Waals surface area contributed by atoms with E-state index in [9.17, 15) is 4.79 Å². The molecule has 0 saturated heterocycles. The summed E-state index contributed by atoms with van der Waals surface area (Å²) >= 11 is 0. The molecule has 1 aliphatic carbocycles. The second-order valence-corrected chi connectivity index (χ2v) is 11.1. The number of ether oxygens (including phenoxy) is 1. The van der Waals surface area contributed by atoms with Gasteiger partial charge in [0.25, 0.3) is 0 Å². The number of fused-ring (bicyclic) bond motifs is 1. The summed E-state index contributed by atoms with van der Waals surface area (Å²) in [6.45, 7) is 6.16. The first-order valence-electron chi connectivity index (χ1n) is 13.6. The number of amides is 2. The fourth-order valence-electron chi connectivity index (χ4n) is 4.81. The van der Waals surface area contributed by atoms with Crippen LogP contribution in [0.25, 0.3) is 33.4 Å². The molecule has 4 heterocycles. The molecular weight excluding hydrogens is 530 g/mol. The van der Waals surface area contributed by atoms with Crippen LogP contribution in [-0.4, -0.2) is 46.6 Å². The summed E-state index contributed by atoms with van der Waals surface area (Å²) in [5.74, 6) is 0.691. The molecule has 0 radical (unpaired) electrons. The number of carbonyl (C=O) groups is 1. The number of nitrogens with zero attached hydrogens (tertiary/aromatic N) is 8. The van der Waals surface area contributed by atoms with Gasteiger partial charge in [-0.1, -0.05) is 12.1 Å². The van der Waals surface area contributed by atoms with E-state index < -0.39 is 6.03 Å². The SMILES string of the molecule is Cn1cc(-c2cc(OC3C=CC(N(C(N)=O)c4cn(C(C)(C)C)nc4-c4ccc5ncncc5c4)=CC3)ccn2)cn1. The van der Waals surface area contributed by atoms with Gasteiger partial charge in [-0.2, -0.15) is 10.2 Å². The van der Waals surface area contributed by atoms with E-state index in [1.165, 1.54) is 11.2 Å². The average molecular weight is 562 g/mol. The van der Waals surface area contributed by atoms with E-state index in [-0.39, 0.29) is 11.6 Å². The van der Waals surface area contributed by atoms with E-state index in [0.29, 0.717) is 29.2 Å². The van der Waals surface area contributed by atoms with Crippen molar-refractivity contribution < 1.29 is 9.53 Å². The molecule has 0 bridgehead atoms. The number of nitrogens with two attached hydrogens (primary N) is 1. The number of hydrogen-bond acceptors (Lipinski definition) is 7. The van der Waals surface area contributed by atoms with Crippen LogP contribution in [0.3, 0.4) is 0 Å². The van der Waals surface area contributed by atoms with E-state index in [1.54, 1.807) is 23.3 Å². The van der Waals surface area contributed by atoms with Crippen LogP contribution in [0.15, 0.2) is 91.6 Å². The van der Waals surface area contributed by atoms with Crippen molar-refractivity contribution in [3.63, 3.8) is 0 Å². The van der Waals surface area contributed by atoms with E-state index >= 15 is 0 Å². The van der Waals surface area contributed by atoms with Gasteiger partial charge in [-0.25, -0.2) is 14.8 Å². The van der Waals surface area contributed by atoms with Crippen LogP contribution in [0, 0.1) is 0 Å². The third-order valence-corrected chi connectivity index (χ3v) is 6.94. The van der Waals surface area contributed by atoms with Gasteiger partial charge in [0.05, 0.1) is 34.8 Å². The molecule has 212 valence electrons. The highest BCUT2D eigenvalue weighted by Gasteiger charge is 2.28. The maximum Gasteiger partial charge on any atom is 0.323 e. The Hall–Kier alpha value is -5.32. The number of allylic oxidation sites excluding steroid dienone is 1. The first-order chi connectivity index (χ1) is 20.2. The van der Waals surface area contributed by atoms with Crippen molar-refractivity contribution in [3.05, 3.63) is 91.6 Å². The minimum absolute atomic E-state index is 0.232. The Morgan fingerprint density at radius 3 is 2.67 bits per heavy atom. The summed E-state index contributed by atoms with van der Waals surface area (Å²) in [6, 6.07) is 8.93. The molecule has 5 aromatic rings. The first-order valence-corrected chi connectivity index (χ1v) is 13.6. The van der Waals surface area contributed by atoms with Gasteiger partial charge in [0.2, 0.25) is 0 Å². The topological polar surface area (TPSA) is 130 Å². The van der Waals surface area contributed by atoms with Crippen LogP contribution in [0.2, 0.25) is 0 Å². The van der Waals surface area contributed by atoms with E-state index in [4.69, 9.17) is 15.6 Å². The van der Waals surface area contributed by atoms with Gasteiger partial charge >= 0.3 is 6.03 Å². The molecule has 1 aromatic carbocycles. The monoisotopic (exact) mass is 561 g/mol. The molecule has 4 aromatic heterocycles. The van der Waals surface area contributed by atoms with Gasteiger partial charge in [-0.15, -0.1) is 0 Å². The van der Waals surface area contributed by atoms with Crippen molar-refractivity contribution in [2.75, 3.05) is 4.90 Å². The molecule has 0 fully saturated rings. The molecule has 1 unspecified atom stereocenters. The molecule has 1 atom stereocenters. The zero-order chi connectivity index (χ0) is 29.4. The number of primary amides is 1. The molecule has 0 spiro atoms. The zero-order valence-electron chi connectivity index (χ0n) is 23.8. The quantitative estimate of drug-likeness (QED) is 0.301. The summed E-state index contributed by atoms with van der Waals surface area (Å²) in [5, 5.41) is 9.99. The maximum absolute atomic E-state index is 13.0. The number of aryl methyl sites for hydroxylation is 1. The van der Waals surface area contributed by atoms with E-state index in [1.807, 2.05) is 72.7 Å². The van der Waals surface area contributed by atoms with Gasteiger partial charge in [0, 0.05) is 60.3 Å². The highest BCUT2D eigenvalue weighted by molar-refractivity contribution is 5.99. The molecule has 0 saturated carbocycles. The van der Waals surface area contributed by atoms with Crippen molar-refractivity contribution >= 4 is 22.6 Å². The highest BCUT2D eigenvalue weighted by Crippen LogP contribution is 2.36. The Labute approximate surface area is 243 Å². The van der Waals surface area contributed by atoms with Crippen LogP contribution in [-0.2, 0) is 12.6 Å². The van der Waals surface area contributed by atoms with Gasteiger partial charge < -0.3 is 10.5 Å². The zero-order valence-corrected chi connectivity index (χ0v) is 23.8. The molecule has 2 N–H and O–H groups in total. The standard InChI is InChI=1S/C31H31N9O2/c1-31(2,3)39-18-28(29(37-39)20-5-10-26-21(13-20)15-33-19-35-26)40(30(32)41)23-6-8-24(9-7-23)42-25-11-12-34-27(14-25)22-16-36-38(4)17-22/h5-8,10-19,24H,9H2,1-4H3,(H2,32,41). The number of pyridine rings is 1. The molecular formula is C31H31N9O2. The molecule has 42 heavy (non-hydrogen) atoms. The summed E-state index contributed by atoms with van der Waals surface area (Å²) in [7, 11) is 1.86. The fraction of sp³-hybridized carbons (Fsp3) is 0.226. The molecule has 0 aliphatic heterocycles. The summed E-state index contributed by atoms with van der Waals surface area (Å²) < 4.78 is 9.82. The van der Waals surface area contributed by atoms with Crippen LogP contribution in [0.5, 0.6) is 5.75 Å². The lowest BCUT2D eigenvalue weighted by molar-refractivity contribution is 0.249. The van der Waals surface area contributed by atoms with Gasteiger partial charge in [0.1, 0.15) is 23.9 Å². The number of rotatable bonds is 6. The molecule has 11 nitrogen and oxygen atoms in total. The van der Waals surface area contributed by atoms with Crippen LogP contribution >= 0.6 is 0 Å².